The van der Waals surface area contributed by atoms with Crippen molar-refractivity contribution >= 4 is 28.4 Å². The van der Waals surface area contributed by atoms with Crippen LogP contribution in [0.15, 0.2) is 46.3 Å². The van der Waals surface area contributed by atoms with Crippen LogP contribution in [0.4, 0.5) is 5.69 Å². The van der Waals surface area contributed by atoms with Crippen LogP contribution in [0, 0.1) is 13.8 Å². The fraction of sp³-hybridized carbons (Fsp3) is 0.273. The van der Waals surface area contributed by atoms with Gasteiger partial charge in [-0.1, -0.05) is 6.07 Å². The Morgan fingerprint density at radius 1 is 1.17 bits per heavy atom. The molecule has 1 N–H and O–H groups in total. The lowest BCUT2D eigenvalue weighted by Gasteiger charge is -2.13. The van der Waals surface area contributed by atoms with Gasteiger partial charge in [-0.2, -0.15) is 0 Å². The van der Waals surface area contributed by atoms with Crippen LogP contribution in [-0.4, -0.2) is 34.0 Å². The van der Waals surface area contributed by atoms with Crippen LogP contribution in [0.25, 0.3) is 22.0 Å². The molecule has 1 unspecified atom stereocenters. The Morgan fingerprint density at radius 2 is 1.97 bits per heavy atom. The number of carbonyl (C=O) groups is 1. The molecule has 29 heavy (non-hydrogen) atoms. The smallest absolute Gasteiger partial charge is 0.258 e. The van der Waals surface area contributed by atoms with Crippen molar-refractivity contribution in [1.82, 2.24) is 9.55 Å². The topological polar surface area (TPSA) is 85.6 Å². The minimum Gasteiger partial charge on any atom is -0.478 e. The van der Waals surface area contributed by atoms with Crippen molar-refractivity contribution in [1.29, 1.82) is 0 Å². The summed E-state index contributed by atoms with van der Waals surface area (Å²) in [5, 5.41) is 3.76. The lowest BCUT2D eigenvalue weighted by Crippen LogP contribution is -2.27. The van der Waals surface area contributed by atoms with E-state index >= 15 is 0 Å². The van der Waals surface area contributed by atoms with Gasteiger partial charge in [-0.3, -0.25) is 14.6 Å². The number of hydrogen-bond acceptors (Lipinski definition) is 5. The van der Waals surface area contributed by atoms with Crippen LogP contribution >= 0.6 is 0 Å². The first-order valence-corrected chi connectivity index (χ1v) is 9.39. The van der Waals surface area contributed by atoms with E-state index in [0.29, 0.717) is 17.1 Å². The van der Waals surface area contributed by atoms with Crippen molar-refractivity contribution in [3.63, 3.8) is 0 Å². The largest absolute Gasteiger partial charge is 0.478 e. The number of aromatic nitrogens is 2. The van der Waals surface area contributed by atoms with Gasteiger partial charge >= 0.3 is 0 Å². The van der Waals surface area contributed by atoms with E-state index in [1.165, 1.54) is 0 Å². The molecule has 1 atom stereocenters. The summed E-state index contributed by atoms with van der Waals surface area (Å²) in [5.74, 6) is 0.279. The van der Waals surface area contributed by atoms with Crippen LogP contribution in [0.2, 0.25) is 0 Å². The third kappa shape index (κ3) is 3.51. The first kappa shape index (κ1) is 18.9. The molecule has 0 radical (unpaired) electrons. The number of pyridine rings is 2. The van der Waals surface area contributed by atoms with Gasteiger partial charge in [0, 0.05) is 42.5 Å². The molecule has 7 nitrogen and oxygen atoms in total. The number of carbonyl (C=O) groups excluding carboxylic acids is 1. The van der Waals surface area contributed by atoms with Crippen LogP contribution in [-0.2, 0) is 16.6 Å². The number of hydrogen-bond donors (Lipinski definition) is 1. The van der Waals surface area contributed by atoms with E-state index in [2.05, 4.69) is 15.3 Å². The quantitative estimate of drug-likeness (QED) is 0.745. The Balaban J connectivity index is 1.75. The number of aliphatic imine (C=N–C) groups is 1. The number of rotatable bonds is 3. The van der Waals surface area contributed by atoms with Crippen molar-refractivity contribution in [2.24, 2.45) is 12.0 Å². The Bertz CT molecular complexity index is 1230. The fourth-order valence-corrected chi connectivity index (χ4v) is 3.50. The maximum Gasteiger partial charge on any atom is 0.258 e. The average Bonchev–Trinajstić information content (AvgIpc) is 3.13. The van der Waals surface area contributed by atoms with Gasteiger partial charge in [-0.05, 0) is 49.2 Å². The first-order chi connectivity index (χ1) is 13.8. The summed E-state index contributed by atoms with van der Waals surface area (Å²) in [6.45, 7) is 5.81. The van der Waals surface area contributed by atoms with Crippen LogP contribution in [0.3, 0.4) is 0 Å². The van der Waals surface area contributed by atoms with Gasteiger partial charge in [0.2, 0.25) is 0 Å². The molecule has 3 heterocycles. The van der Waals surface area contributed by atoms with Gasteiger partial charge in [0.1, 0.15) is 6.61 Å². The van der Waals surface area contributed by atoms with E-state index in [4.69, 9.17) is 4.74 Å². The van der Waals surface area contributed by atoms with Gasteiger partial charge in [-0.15, -0.1) is 0 Å². The molecule has 0 saturated heterocycles. The summed E-state index contributed by atoms with van der Waals surface area (Å²) in [5.41, 5.74) is 4.49. The maximum atomic E-state index is 13.0. The molecule has 1 aliphatic heterocycles. The predicted octanol–water partition coefficient (Wildman–Crippen LogP) is 2.97. The van der Waals surface area contributed by atoms with E-state index in [0.717, 1.165) is 27.7 Å². The maximum absolute atomic E-state index is 13.0. The standard InChI is InChI=1S/C22H22N4O3/c1-12-5-6-16(25-21(27)19-11-29-14(3)24-19)9-17(12)18-8-15-10-23-13(2)7-20(15)26(4)22(18)28/h5-10,19H,11H2,1-4H3,(H,25,27). The summed E-state index contributed by atoms with van der Waals surface area (Å²) >= 11 is 0. The van der Waals surface area contributed by atoms with Crippen LogP contribution < -0.4 is 10.9 Å². The van der Waals surface area contributed by atoms with Crippen molar-refractivity contribution in [3.05, 3.63) is 58.1 Å². The van der Waals surface area contributed by atoms with E-state index in [-0.39, 0.29) is 18.1 Å². The third-order valence-electron chi connectivity index (χ3n) is 5.13. The highest BCUT2D eigenvalue weighted by Crippen LogP contribution is 2.27. The highest BCUT2D eigenvalue weighted by atomic mass is 16.5. The number of nitrogens with one attached hydrogen (secondary N) is 1. The number of ether oxygens (including phenoxy) is 1. The molecule has 0 aliphatic carbocycles. The van der Waals surface area contributed by atoms with Crippen LogP contribution in [0.1, 0.15) is 18.2 Å². The SMILES string of the molecule is CC1=NC(C(=O)Nc2ccc(C)c(-c3cc4cnc(C)cc4n(C)c3=O)c2)CO1. The molecule has 0 bridgehead atoms. The van der Waals surface area contributed by atoms with E-state index < -0.39 is 6.04 Å². The summed E-state index contributed by atoms with van der Waals surface area (Å²) < 4.78 is 6.89. The molecule has 0 saturated carbocycles. The molecule has 1 aromatic carbocycles. The van der Waals surface area contributed by atoms with E-state index in [1.807, 2.05) is 44.2 Å². The molecular weight excluding hydrogens is 368 g/mol. The van der Waals surface area contributed by atoms with Crippen LogP contribution in [0.5, 0.6) is 0 Å². The van der Waals surface area contributed by atoms with Crippen molar-refractivity contribution in [2.45, 2.75) is 26.8 Å². The van der Waals surface area contributed by atoms with Gasteiger partial charge in [-0.25, -0.2) is 4.99 Å². The zero-order chi connectivity index (χ0) is 20.7. The molecular formula is C22H22N4O3. The Kier molecular flexibility index (Phi) is 4.66. The zero-order valence-corrected chi connectivity index (χ0v) is 16.8. The second-order valence-corrected chi connectivity index (χ2v) is 7.30. The predicted molar refractivity (Wildman–Crippen MR) is 113 cm³/mol. The van der Waals surface area contributed by atoms with E-state index in [1.54, 1.807) is 24.7 Å². The zero-order valence-electron chi connectivity index (χ0n) is 16.8. The normalized spacial score (nSPS) is 15.9. The van der Waals surface area contributed by atoms with Gasteiger partial charge in [0.05, 0.1) is 5.52 Å². The molecule has 2 aromatic heterocycles. The highest BCUT2D eigenvalue weighted by Gasteiger charge is 2.24. The number of amides is 1. The number of benzene rings is 1. The van der Waals surface area contributed by atoms with Crippen molar-refractivity contribution < 1.29 is 9.53 Å². The number of anilines is 1. The van der Waals surface area contributed by atoms with Crippen molar-refractivity contribution in [2.75, 3.05) is 11.9 Å². The molecule has 0 fully saturated rings. The Labute approximate surface area is 168 Å². The average molecular weight is 390 g/mol. The number of aryl methyl sites for hydroxylation is 3. The summed E-state index contributed by atoms with van der Waals surface area (Å²) in [6.07, 6.45) is 1.77. The van der Waals surface area contributed by atoms with Gasteiger partial charge < -0.3 is 14.6 Å². The second-order valence-electron chi connectivity index (χ2n) is 7.30. The molecule has 3 aromatic rings. The molecule has 148 valence electrons. The monoisotopic (exact) mass is 390 g/mol. The molecule has 7 heteroatoms. The van der Waals surface area contributed by atoms with Crippen molar-refractivity contribution in [3.8, 4) is 11.1 Å². The van der Waals surface area contributed by atoms with Gasteiger partial charge in [0.15, 0.2) is 11.9 Å². The highest BCUT2D eigenvalue weighted by molar-refractivity contribution is 5.98. The summed E-state index contributed by atoms with van der Waals surface area (Å²) in [6, 6.07) is 8.74. The van der Waals surface area contributed by atoms with Gasteiger partial charge in [0.25, 0.3) is 11.5 Å². The minimum atomic E-state index is -0.553. The lowest BCUT2D eigenvalue weighted by molar-refractivity contribution is -0.117. The fourth-order valence-electron chi connectivity index (χ4n) is 3.50. The molecule has 0 spiro atoms. The second kappa shape index (κ2) is 7.16. The number of fused-ring (bicyclic) bond motifs is 1. The lowest BCUT2D eigenvalue weighted by atomic mass is 9.99. The molecule has 4 rings (SSSR count). The molecule has 1 amide bonds. The first-order valence-electron chi connectivity index (χ1n) is 9.39. The Hall–Kier alpha value is -3.48. The summed E-state index contributed by atoms with van der Waals surface area (Å²) in [4.78, 5) is 34.0. The van der Waals surface area contributed by atoms with E-state index in [9.17, 15) is 9.59 Å². The Morgan fingerprint density at radius 3 is 2.69 bits per heavy atom. The number of nitrogens with zero attached hydrogens (tertiary/aromatic N) is 3. The summed E-state index contributed by atoms with van der Waals surface area (Å²) in [7, 11) is 1.76. The molecule has 1 aliphatic rings. The minimum absolute atomic E-state index is 0.0981. The third-order valence-corrected chi connectivity index (χ3v) is 5.13.